The molecule has 0 atom stereocenters. The van der Waals surface area contributed by atoms with Crippen LogP contribution in [0.15, 0.2) is 96.7 Å². The monoisotopic (exact) mass is 355 g/mol. The summed E-state index contributed by atoms with van der Waals surface area (Å²) in [7, 11) is 0. The molecule has 0 aromatic heterocycles. The van der Waals surface area contributed by atoms with Gasteiger partial charge >= 0.3 is 0 Å². The van der Waals surface area contributed by atoms with Crippen molar-refractivity contribution in [2.24, 2.45) is 0 Å². The van der Waals surface area contributed by atoms with Crippen LogP contribution in [0, 0.1) is 6.92 Å². The third kappa shape index (κ3) is 5.02. The number of allylic oxidation sites excluding steroid dienone is 2. The van der Waals surface area contributed by atoms with E-state index in [2.05, 4.69) is 5.32 Å². The second kappa shape index (κ2) is 8.77. The zero-order valence-corrected chi connectivity index (χ0v) is 15.2. The van der Waals surface area contributed by atoms with E-state index < -0.39 is 0 Å². The van der Waals surface area contributed by atoms with Gasteiger partial charge in [-0.1, -0.05) is 90.5 Å². The second-order valence-corrected chi connectivity index (χ2v) is 6.32. The molecule has 0 radical (unpaired) electrons. The van der Waals surface area contributed by atoms with Crippen molar-refractivity contribution in [1.82, 2.24) is 5.32 Å². The molecule has 0 bridgehead atoms. The zero-order chi connectivity index (χ0) is 19.1. The fourth-order valence-corrected chi connectivity index (χ4v) is 2.66. The number of Topliss-reactive ketones (excluding diaryl/α,β-unsaturated/α-hetero) is 1. The topological polar surface area (TPSA) is 46.2 Å². The van der Waals surface area contributed by atoms with E-state index in [9.17, 15) is 9.59 Å². The highest BCUT2D eigenvalue weighted by atomic mass is 16.1. The fraction of sp³-hybridized carbons (Fsp3) is 0.0833. The SMILES string of the molecule is Cc1ccc(CN/C(=C/C(=O)c2ccccc2)C(=O)c2ccccc2)cc1. The summed E-state index contributed by atoms with van der Waals surface area (Å²) in [6.07, 6.45) is 1.39. The molecule has 1 N–H and O–H groups in total. The molecule has 3 aromatic rings. The summed E-state index contributed by atoms with van der Waals surface area (Å²) in [5.74, 6) is -0.404. The van der Waals surface area contributed by atoms with Crippen molar-refractivity contribution in [3.63, 3.8) is 0 Å². The minimum Gasteiger partial charge on any atom is -0.378 e. The lowest BCUT2D eigenvalue weighted by molar-refractivity contribution is 0.100. The lowest BCUT2D eigenvalue weighted by Gasteiger charge is -2.11. The normalized spacial score (nSPS) is 11.1. The maximum absolute atomic E-state index is 12.9. The van der Waals surface area contributed by atoms with Crippen LogP contribution in [0.2, 0.25) is 0 Å². The van der Waals surface area contributed by atoms with Crippen LogP contribution >= 0.6 is 0 Å². The standard InChI is InChI=1S/C24H21NO2/c1-18-12-14-19(15-13-18)17-25-22(24(27)21-10-6-3-7-11-21)16-23(26)20-8-4-2-5-9-20/h2-16,25H,17H2,1H3/b22-16+. The summed E-state index contributed by atoms with van der Waals surface area (Å²) in [5.41, 5.74) is 3.60. The van der Waals surface area contributed by atoms with Gasteiger partial charge in [-0.25, -0.2) is 0 Å². The molecule has 134 valence electrons. The van der Waals surface area contributed by atoms with Gasteiger partial charge in [0, 0.05) is 23.7 Å². The molecule has 0 spiro atoms. The van der Waals surface area contributed by atoms with Gasteiger partial charge < -0.3 is 5.32 Å². The van der Waals surface area contributed by atoms with E-state index in [0.29, 0.717) is 17.7 Å². The second-order valence-electron chi connectivity index (χ2n) is 6.32. The van der Waals surface area contributed by atoms with E-state index in [1.165, 1.54) is 11.6 Å². The van der Waals surface area contributed by atoms with E-state index in [0.717, 1.165) is 5.56 Å². The maximum atomic E-state index is 12.9. The van der Waals surface area contributed by atoms with Gasteiger partial charge in [0.2, 0.25) is 5.78 Å². The van der Waals surface area contributed by atoms with Gasteiger partial charge in [-0.05, 0) is 12.5 Å². The van der Waals surface area contributed by atoms with Crippen LogP contribution in [0.25, 0.3) is 0 Å². The number of carbonyl (C=O) groups excluding carboxylic acids is 2. The van der Waals surface area contributed by atoms with Crippen molar-refractivity contribution in [3.8, 4) is 0 Å². The molecular weight excluding hydrogens is 334 g/mol. The predicted octanol–water partition coefficient (Wildman–Crippen LogP) is 4.73. The Morgan fingerprint density at radius 1 is 0.778 bits per heavy atom. The fourth-order valence-electron chi connectivity index (χ4n) is 2.66. The molecule has 0 fully saturated rings. The van der Waals surface area contributed by atoms with Crippen LogP contribution in [-0.4, -0.2) is 11.6 Å². The Kier molecular flexibility index (Phi) is 5.95. The Morgan fingerprint density at radius 2 is 1.33 bits per heavy atom. The first-order valence-electron chi connectivity index (χ1n) is 8.84. The van der Waals surface area contributed by atoms with Crippen molar-refractivity contribution in [2.75, 3.05) is 0 Å². The molecule has 0 aliphatic carbocycles. The highest BCUT2D eigenvalue weighted by Crippen LogP contribution is 2.11. The molecular formula is C24H21NO2. The van der Waals surface area contributed by atoms with E-state index in [1.54, 1.807) is 36.4 Å². The van der Waals surface area contributed by atoms with Gasteiger partial charge in [-0.15, -0.1) is 0 Å². The quantitative estimate of drug-likeness (QED) is 0.492. The average molecular weight is 355 g/mol. The number of nitrogens with one attached hydrogen (secondary N) is 1. The lowest BCUT2D eigenvalue weighted by Crippen LogP contribution is -2.22. The van der Waals surface area contributed by atoms with E-state index >= 15 is 0 Å². The number of rotatable bonds is 7. The van der Waals surface area contributed by atoms with E-state index in [4.69, 9.17) is 0 Å². The molecule has 3 nitrogen and oxygen atoms in total. The highest BCUT2D eigenvalue weighted by Gasteiger charge is 2.14. The number of benzene rings is 3. The molecule has 3 rings (SSSR count). The molecule has 0 saturated carbocycles. The largest absolute Gasteiger partial charge is 0.378 e. The Labute approximate surface area is 159 Å². The minimum atomic E-state index is -0.203. The highest BCUT2D eigenvalue weighted by molar-refractivity contribution is 6.14. The Balaban J connectivity index is 1.86. The summed E-state index contributed by atoms with van der Waals surface area (Å²) in [6, 6.07) is 26.0. The van der Waals surface area contributed by atoms with E-state index in [-0.39, 0.29) is 17.3 Å². The first kappa shape index (κ1) is 18.3. The van der Waals surface area contributed by atoms with Crippen molar-refractivity contribution in [2.45, 2.75) is 13.5 Å². The minimum absolute atomic E-state index is 0.202. The first-order chi connectivity index (χ1) is 13.1. The molecule has 0 unspecified atom stereocenters. The van der Waals surface area contributed by atoms with Crippen LogP contribution in [0.5, 0.6) is 0 Å². The molecule has 0 amide bonds. The molecule has 27 heavy (non-hydrogen) atoms. The molecule has 0 saturated heterocycles. The van der Waals surface area contributed by atoms with Gasteiger partial charge in [0.1, 0.15) is 0 Å². The van der Waals surface area contributed by atoms with Crippen LogP contribution in [0.1, 0.15) is 31.8 Å². The number of hydrogen-bond acceptors (Lipinski definition) is 3. The number of aryl methyl sites for hydroxylation is 1. The van der Waals surface area contributed by atoms with Gasteiger partial charge in [0.15, 0.2) is 5.78 Å². The van der Waals surface area contributed by atoms with Crippen molar-refractivity contribution in [3.05, 3.63) is 119 Å². The Morgan fingerprint density at radius 3 is 1.93 bits per heavy atom. The summed E-state index contributed by atoms with van der Waals surface area (Å²) >= 11 is 0. The first-order valence-corrected chi connectivity index (χ1v) is 8.84. The summed E-state index contributed by atoms with van der Waals surface area (Å²) in [5, 5.41) is 3.15. The molecule has 3 aromatic carbocycles. The number of hydrogen-bond donors (Lipinski definition) is 1. The Bertz CT molecular complexity index is 943. The van der Waals surface area contributed by atoms with Crippen molar-refractivity contribution in [1.29, 1.82) is 0 Å². The van der Waals surface area contributed by atoms with Gasteiger partial charge in [0.05, 0.1) is 5.70 Å². The maximum Gasteiger partial charge on any atom is 0.208 e. The molecule has 0 aliphatic rings. The molecule has 3 heteroatoms. The van der Waals surface area contributed by atoms with Gasteiger partial charge in [0.25, 0.3) is 0 Å². The third-order valence-corrected chi connectivity index (χ3v) is 4.22. The lowest BCUT2D eigenvalue weighted by atomic mass is 10.0. The molecule has 0 heterocycles. The van der Waals surface area contributed by atoms with E-state index in [1.807, 2.05) is 55.5 Å². The smallest absolute Gasteiger partial charge is 0.208 e. The number of carbonyl (C=O) groups is 2. The van der Waals surface area contributed by atoms with Gasteiger partial charge in [-0.2, -0.15) is 0 Å². The Hall–Kier alpha value is -3.46. The summed E-state index contributed by atoms with van der Waals surface area (Å²) in [6.45, 7) is 2.49. The van der Waals surface area contributed by atoms with Crippen molar-refractivity contribution >= 4 is 11.6 Å². The average Bonchev–Trinajstić information content (AvgIpc) is 2.73. The van der Waals surface area contributed by atoms with Gasteiger partial charge in [-0.3, -0.25) is 9.59 Å². The molecule has 0 aliphatic heterocycles. The predicted molar refractivity (Wildman–Crippen MR) is 108 cm³/mol. The number of ketones is 2. The third-order valence-electron chi connectivity index (χ3n) is 4.22. The summed E-state index contributed by atoms with van der Waals surface area (Å²) < 4.78 is 0. The van der Waals surface area contributed by atoms with Crippen LogP contribution in [-0.2, 0) is 6.54 Å². The van der Waals surface area contributed by atoms with Crippen LogP contribution in [0.3, 0.4) is 0 Å². The van der Waals surface area contributed by atoms with Crippen LogP contribution < -0.4 is 5.32 Å². The van der Waals surface area contributed by atoms with Crippen LogP contribution in [0.4, 0.5) is 0 Å². The summed E-state index contributed by atoms with van der Waals surface area (Å²) in [4.78, 5) is 25.5. The zero-order valence-electron chi connectivity index (χ0n) is 15.2. The van der Waals surface area contributed by atoms with Crippen molar-refractivity contribution < 1.29 is 9.59 Å².